The van der Waals surface area contributed by atoms with Crippen LogP contribution in [0.4, 0.5) is 5.69 Å². The molecule has 1 aromatic carbocycles. The van der Waals surface area contributed by atoms with E-state index in [1.165, 1.54) is 5.56 Å². The number of anilines is 1. The van der Waals surface area contributed by atoms with Crippen molar-refractivity contribution in [1.82, 2.24) is 14.9 Å². The lowest BCUT2D eigenvalue weighted by Crippen LogP contribution is -2.49. The van der Waals surface area contributed by atoms with E-state index >= 15 is 0 Å². The number of aryl methyl sites for hydroxylation is 2. The number of nitrogens with one attached hydrogen (secondary N) is 1. The van der Waals surface area contributed by atoms with Crippen LogP contribution in [0.1, 0.15) is 72.8 Å². The molecular formula is C24H28N4O3S. The third-order valence-electron chi connectivity index (χ3n) is 5.46. The third kappa shape index (κ3) is 4.60. The van der Waals surface area contributed by atoms with Crippen molar-refractivity contribution >= 4 is 29.0 Å². The maximum atomic E-state index is 13.8. The molecule has 1 atom stereocenters. The molecule has 4 rings (SSSR count). The Kier molecular flexibility index (Phi) is 6.15. The molecule has 168 valence electrons. The summed E-state index contributed by atoms with van der Waals surface area (Å²) in [6, 6.07) is 8.55. The number of nitrogens with zero attached hydrogens (tertiary/aromatic N) is 3. The lowest BCUT2D eigenvalue weighted by Gasteiger charge is -2.34. The molecule has 0 fully saturated rings. The normalized spacial score (nSPS) is 14.5. The molecule has 2 amide bonds. The summed E-state index contributed by atoms with van der Waals surface area (Å²) in [5.41, 5.74) is 2.77. The first kappa shape index (κ1) is 22.2. The number of hydrogen-bond acceptors (Lipinski definition) is 6. The fraction of sp³-hybridized carbons (Fsp3) is 0.417. The second-order valence-corrected chi connectivity index (χ2v) is 9.79. The molecule has 32 heavy (non-hydrogen) atoms. The molecule has 1 N–H and O–H groups in total. The second-order valence-electron chi connectivity index (χ2n) is 9.18. The Labute approximate surface area is 192 Å². The quantitative estimate of drug-likeness (QED) is 0.610. The highest BCUT2D eigenvalue weighted by atomic mass is 32.1. The molecule has 0 saturated carbocycles. The Balaban J connectivity index is 1.90. The van der Waals surface area contributed by atoms with Crippen LogP contribution < -0.4 is 10.2 Å². The molecule has 0 saturated heterocycles. The summed E-state index contributed by atoms with van der Waals surface area (Å²) in [7, 11) is 0. The zero-order chi connectivity index (χ0) is 22.9. The minimum atomic E-state index is -0.981. The molecule has 1 unspecified atom stereocenters. The van der Waals surface area contributed by atoms with Gasteiger partial charge in [-0.2, -0.15) is 0 Å². The van der Waals surface area contributed by atoms with Gasteiger partial charge in [-0.3, -0.25) is 14.5 Å². The van der Waals surface area contributed by atoms with Crippen molar-refractivity contribution in [2.75, 3.05) is 4.90 Å². The van der Waals surface area contributed by atoms with Crippen LogP contribution >= 0.6 is 11.5 Å². The molecule has 0 aliphatic heterocycles. The second kappa shape index (κ2) is 8.86. The van der Waals surface area contributed by atoms with Gasteiger partial charge in [-0.05, 0) is 94.2 Å². The molecular weight excluding hydrogens is 424 g/mol. The first-order valence-electron chi connectivity index (χ1n) is 10.8. The lowest BCUT2D eigenvalue weighted by molar-refractivity contribution is -0.124. The van der Waals surface area contributed by atoms with Crippen LogP contribution in [0.2, 0.25) is 0 Å². The zero-order valence-corrected chi connectivity index (χ0v) is 19.7. The molecule has 8 heteroatoms. The maximum Gasteiger partial charge on any atom is 0.280 e. The predicted octanol–water partition coefficient (Wildman–Crippen LogP) is 4.62. The first-order chi connectivity index (χ1) is 15.2. The van der Waals surface area contributed by atoms with Gasteiger partial charge in [-0.1, -0.05) is 16.6 Å². The molecule has 7 nitrogen and oxygen atoms in total. The Morgan fingerprint density at radius 2 is 1.94 bits per heavy atom. The van der Waals surface area contributed by atoms with E-state index in [2.05, 4.69) is 21.0 Å². The van der Waals surface area contributed by atoms with E-state index in [0.29, 0.717) is 11.5 Å². The minimum Gasteiger partial charge on any atom is -0.464 e. The molecule has 1 aliphatic carbocycles. The molecule has 0 radical (unpaired) electrons. The molecule has 0 spiro atoms. The van der Waals surface area contributed by atoms with E-state index in [9.17, 15) is 9.59 Å². The Hall–Kier alpha value is -3.00. The van der Waals surface area contributed by atoms with Crippen LogP contribution in [-0.4, -0.2) is 26.9 Å². The van der Waals surface area contributed by atoms with Gasteiger partial charge >= 0.3 is 0 Å². The number of aromatic nitrogens is 2. The van der Waals surface area contributed by atoms with Gasteiger partial charge in [0, 0.05) is 16.6 Å². The van der Waals surface area contributed by atoms with Crippen LogP contribution in [0.25, 0.3) is 0 Å². The van der Waals surface area contributed by atoms with E-state index in [4.69, 9.17) is 4.42 Å². The summed E-state index contributed by atoms with van der Waals surface area (Å²) < 4.78 is 9.77. The van der Waals surface area contributed by atoms with Crippen molar-refractivity contribution in [3.8, 4) is 0 Å². The largest absolute Gasteiger partial charge is 0.464 e. The maximum absolute atomic E-state index is 13.8. The van der Waals surface area contributed by atoms with Crippen LogP contribution in [0.15, 0.2) is 40.1 Å². The number of carbonyl (C=O) groups is 2. The number of fused-ring (bicyclic) bond motifs is 1. The SMILES string of the molecule is Cc1ccc(C(C(=O)NC(C)(C)C)N(C(=O)c2csnn2)c2cccc3c2CCCC3)o1. The highest BCUT2D eigenvalue weighted by Gasteiger charge is 2.39. The first-order valence-corrected chi connectivity index (χ1v) is 11.7. The Morgan fingerprint density at radius 3 is 2.59 bits per heavy atom. The molecule has 3 aromatic rings. The van der Waals surface area contributed by atoms with Crippen molar-refractivity contribution in [2.24, 2.45) is 0 Å². The fourth-order valence-corrected chi connectivity index (χ4v) is 4.58. The third-order valence-corrected chi connectivity index (χ3v) is 5.97. The smallest absolute Gasteiger partial charge is 0.280 e. The monoisotopic (exact) mass is 452 g/mol. The summed E-state index contributed by atoms with van der Waals surface area (Å²) in [4.78, 5) is 29.0. The van der Waals surface area contributed by atoms with Gasteiger partial charge in [0.1, 0.15) is 11.5 Å². The highest BCUT2D eigenvalue weighted by Crippen LogP contribution is 2.37. The van der Waals surface area contributed by atoms with Crippen molar-refractivity contribution in [3.63, 3.8) is 0 Å². The number of rotatable bonds is 5. The van der Waals surface area contributed by atoms with Gasteiger partial charge in [0.15, 0.2) is 11.7 Å². The van der Waals surface area contributed by atoms with Crippen molar-refractivity contribution in [1.29, 1.82) is 0 Å². The van der Waals surface area contributed by atoms with Gasteiger partial charge in [0.25, 0.3) is 11.8 Å². The van der Waals surface area contributed by atoms with E-state index in [1.54, 1.807) is 22.4 Å². The number of carbonyl (C=O) groups excluding carboxylic acids is 2. The van der Waals surface area contributed by atoms with Crippen LogP contribution in [-0.2, 0) is 17.6 Å². The highest BCUT2D eigenvalue weighted by molar-refractivity contribution is 7.03. The summed E-state index contributed by atoms with van der Waals surface area (Å²) in [6.45, 7) is 7.56. The molecule has 2 aromatic heterocycles. The van der Waals surface area contributed by atoms with E-state index in [1.807, 2.05) is 39.8 Å². The summed E-state index contributed by atoms with van der Waals surface area (Å²) in [6.07, 6.45) is 3.98. The standard InChI is InChI=1S/C24H28N4O3S/c1-15-12-13-20(31-15)21(22(29)25-24(2,3)4)28(23(30)18-14-32-27-26-18)19-11-7-9-16-8-5-6-10-17(16)19/h7,9,11-14,21H,5-6,8,10H2,1-4H3,(H,25,29). The number of furan rings is 1. The van der Waals surface area contributed by atoms with E-state index in [-0.39, 0.29) is 17.5 Å². The summed E-state index contributed by atoms with van der Waals surface area (Å²) >= 11 is 1.11. The molecule has 1 aliphatic rings. The number of benzene rings is 1. The zero-order valence-electron chi connectivity index (χ0n) is 18.8. The van der Waals surface area contributed by atoms with Crippen LogP contribution in [0.3, 0.4) is 0 Å². The lowest BCUT2D eigenvalue weighted by atomic mass is 9.89. The average molecular weight is 453 g/mol. The summed E-state index contributed by atoms with van der Waals surface area (Å²) in [5.74, 6) is 0.401. The van der Waals surface area contributed by atoms with E-state index in [0.717, 1.165) is 48.5 Å². The van der Waals surface area contributed by atoms with Crippen molar-refractivity contribution in [2.45, 2.75) is 65.0 Å². The van der Waals surface area contributed by atoms with Gasteiger partial charge in [-0.15, -0.1) is 5.10 Å². The van der Waals surface area contributed by atoms with Gasteiger partial charge in [0.2, 0.25) is 0 Å². The number of amides is 2. The molecule has 0 bridgehead atoms. The van der Waals surface area contributed by atoms with Crippen molar-refractivity contribution in [3.05, 3.63) is 64.1 Å². The van der Waals surface area contributed by atoms with Crippen LogP contribution in [0.5, 0.6) is 0 Å². The van der Waals surface area contributed by atoms with Crippen LogP contribution in [0, 0.1) is 6.92 Å². The topological polar surface area (TPSA) is 88.3 Å². The Bertz CT molecular complexity index is 1110. The van der Waals surface area contributed by atoms with Crippen molar-refractivity contribution < 1.29 is 14.0 Å². The molecule has 2 heterocycles. The summed E-state index contributed by atoms with van der Waals surface area (Å²) in [5, 5.41) is 8.64. The fourth-order valence-electron chi connectivity index (χ4n) is 4.15. The van der Waals surface area contributed by atoms with Gasteiger partial charge in [0.05, 0.1) is 0 Å². The van der Waals surface area contributed by atoms with E-state index < -0.39 is 11.6 Å². The average Bonchev–Trinajstić information content (AvgIpc) is 3.42. The minimum absolute atomic E-state index is 0.209. The predicted molar refractivity (Wildman–Crippen MR) is 124 cm³/mol. The van der Waals surface area contributed by atoms with Gasteiger partial charge < -0.3 is 9.73 Å². The Morgan fingerprint density at radius 1 is 1.16 bits per heavy atom. The number of hydrogen-bond donors (Lipinski definition) is 1. The van der Waals surface area contributed by atoms with Gasteiger partial charge in [-0.25, -0.2) is 0 Å².